The van der Waals surface area contributed by atoms with Crippen LogP contribution in [0, 0.1) is 16.0 Å². The average Bonchev–Trinajstić information content (AvgIpc) is 2.42. The van der Waals surface area contributed by atoms with Gasteiger partial charge in [0, 0.05) is 13.1 Å². The Labute approximate surface area is 118 Å². The van der Waals surface area contributed by atoms with E-state index < -0.39 is 11.0 Å². The van der Waals surface area contributed by atoms with Gasteiger partial charge in [-0.3, -0.25) is 10.1 Å². The number of hydrogen-bond acceptors (Lipinski definition) is 5. The SMILES string of the molecule is CCOc1cccc(N2CC[C@H](C)[C@H](O)C2)c1[N+](=O)[O-]. The van der Waals surface area contributed by atoms with Crippen molar-refractivity contribution in [3.05, 3.63) is 28.3 Å². The van der Waals surface area contributed by atoms with E-state index in [9.17, 15) is 15.2 Å². The van der Waals surface area contributed by atoms with Crippen molar-refractivity contribution in [2.75, 3.05) is 24.6 Å². The van der Waals surface area contributed by atoms with Crippen LogP contribution < -0.4 is 9.64 Å². The van der Waals surface area contributed by atoms with E-state index in [0.29, 0.717) is 25.4 Å². The summed E-state index contributed by atoms with van der Waals surface area (Å²) < 4.78 is 5.35. The molecule has 2 atom stereocenters. The number of ether oxygens (including phenoxy) is 1. The maximum atomic E-state index is 11.3. The first-order valence-electron chi connectivity index (χ1n) is 6.87. The highest BCUT2D eigenvalue weighted by molar-refractivity contribution is 5.70. The quantitative estimate of drug-likeness (QED) is 0.676. The van der Waals surface area contributed by atoms with Crippen LogP contribution in [0.2, 0.25) is 0 Å². The van der Waals surface area contributed by atoms with Crippen molar-refractivity contribution in [1.29, 1.82) is 0 Å². The van der Waals surface area contributed by atoms with E-state index in [1.54, 1.807) is 25.1 Å². The normalized spacial score (nSPS) is 22.6. The third kappa shape index (κ3) is 2.85. The van der Waals surface area contributed by atoms with Crippen LogP contribution in [0.4, 0.5) is 11.4 Å². The van der Waals surface area contributed by atoms with Crippen LogP contribution in [0.25, 0.3) is 0 Å². The van der Waals surface area contributed by atoms with Crippen LogP contribution in [0.5, 0.6) is 5.75 Å². The van der Waals surface area contributed by atoms with Gasteiger partial charge in [0.25, 0.3) is 0 Å². The predicted molar refractivity (Wildman–Crippen MR) is 76.3 cm³/mol. The minimum absolute atomic E-state index is 0.0175. The maximum absolute atomic E-state index is 11.3. The maximum Gasteiger partial charge on any atom is 0.333 e. The summed E-state index contributed by atoms with van der Waals surface area (Å²) >= 11 is 0. The molecule has 0 saturated carbocycles. The number of β-amino-alcohol motifs (C(OH)–C–C–N with tert-alkyl or cyclic N) is 1. The molecule has 0 unspecified atom stereocenters. The van der Waals surface area contributed by atoms with E-state index in [2.05, 4.69) is 0 Å². The zero-order chi connectivity index (χ0) is 14.7. The van der Waals surface area contributed by atoms with Gasteiger partial charge in [0.05, 0.1) is 17.6 Å². The van der Waals surface area contributed by atoms with Gasteiger partial charge in [0.1, 0.15) is 5.69 Å². The first kappa shape index (κ1) is 14.6. The molecular weight excluding hydrogens is 260 g/mol. The summed E-state index contributed by atoms with van der Waals surface area (Å²) in [6.07, 6.45) is 0.357. The molecule has 0 amide bonds. The third-order valence-corrected chi connectivity index (χ3v) is 3.72. The van der Waals surface area contributed by atoms with E-state index >= 15 is 0 Å². The Morgan fingerprint density at radius 1 is 1.55 bits per heavy atom. The lowest BCUT2D eigenvalue weighted by molar-refractivity contribution is -0.385. The van der Waals surface area contributed by atoms with Gasteiger partial charge < -0.3 is 14.7 Å². The number of para-hydroxylation sites is 1. The van der Waals surface area contributed by atoms with Crippen LogP contribution in [-0.2, 0) is 0 Å². The van der Waals surface area contributed by atoms with Crippen molar-refractivity contribution >= 4 is 11.4 Å². The van der Waals surface area contributed by atoms with Crippen LogP contribution in [0.1, 0.15) is 20.3 Å². The number of hydrogen-bond donors (Lipinski definition) is 1. The minimum atomic E-state index is -0.459. The number of nitrogens with zero attached hydrogens (tertiary/aromatic N) is 2. The standard InChI is InChI=1S/C14H20N2O4/c1-3-20-13-6-4-5-11(14(13)16(18)19)15-8-7-10(2)12(17)9-15/h4-6,10,12,17H,3,7-9H2,1-2H3/t10-,12+/m0/s1. The molecule has 1 aromatic rings. The molecule has 0 spiro atoms. The van der Waals surface area contributed by atoms with Gasteiger partial charge in [-0.25, -0.2) is 0 Å². The first-order chi connectivity index (χ1) is 9.54. The van der Waals surface area contributed by atoms with Crippen molar-refractivity contribution < 1.29 is 14.8 Å². The summed E-state index contributed by atoms with van der Waals surface area (Å²) in [6, 6.07) is 5.06. The average molecular weight is 280 g/mol. The Morgan fingerprint density at radius 2 is 2.30 bits per heavy atom. The highest BCUT2D eigenvalue weighted by Crippen LogP contribution is 2.38. The minimum Gasteiger partial charge on any atom is -0.487 e. The lowest BCUT2D eigenvalue weighted by Crippen LogP contribution is -2.43. The van der Waals surface area contributed by atoms with Crippen LogP contribution >= 0.6 is 0 Å². The highest BCUT2D eigenvalue weighted by Gasteiger charge is 2.30. The Bertz CT molecular complexity index is 492. The second-order valence-corrected chi connectivity index (χ2v) is 5.09. The zero-order valence-electron chi connectivity index (χ0n) is 11.8. The smallest absolute Gasteiger partial charge is 0.333 e. The highest BCUT2D eigenvalue weighted by atomic mass is 16.6. The molecule has 0 radical (unpaired) electrons. The Morgan fingerprint density at radius 3 is 2.90 bits per heavy atom. The Balaban J connectivity index is 2.35. The number of anilines is 1. The molecule has 6 nitrogen and oxygen atoms in total. The molecule has 110 valence electrons. The number of aliphatic hydroxyl groups is 1. The molecule has 1 N–H and O–H groups in total. The fraction of sp³-hybridized carbons (Fsp3) is 0.571. The van der Waals surface area contributed by atoms with Crippen LogP contribution in [-0.4, -0.2) is 35.8 Å². The fourth-order valence-electron chi connectivity index (χ4n) is 2.49. The van der Waals surface area contributed by atoms with Gasteiger partial charge >= 0.3 is 5.69 Å². The summed E-state index contributed by atoms with van der Waals surface area (Å²) in [4.78, 5) is 12.8. The number of piperidine rings is 1. The lowest BCUT2D eigenvalue weighted by atomic mass is 9.95. The van der Waals surface area contributed by atoms with Gasteiger partial charge in [-0.05, 0) is 31.4 Å². The van der Waals surface area contributed by atoms with E-state index in [4.69, 9.17) is 4.74 Å². The van der Waals surface area contributed by atoms with Crippen molar-refractivity contribution in [2.24, 2.45) is 5.92 Å². The van der Waals surface area contributed by atoms with Gasteiger partial charge in [-0.15, -0.1) is 0 Å². The molecule has 0 aliphatic carbocycles. The monoisotopic (exact) mass is 280 g/mol. The summed E-state index contributed by atoms with van der Waals surface area (Å²) in [6.45, 7) is 5.28. The van der Waals surface area contributed by atoms with E-state index in [-0.39, 0.29) is 17.4 Å². The molecule has 20 heavy (non-hydrogen) atoms. The van der Waals surface area contributed by atoms with Gasteiger partial charge in [0.2, 0.25) is 0 Å². The predicted octanol–water partition coefficient (Wildman–Crippen LogP) is 2.20. The van der Waals surface area contributed by atoms with E-state index in [1.807, 2.05) is 11.8 Å². The summed E-state index contributed by atoms with van der Waals surface area (Å²) in [5, 5.41) is 21.3. The van der Waals surface area contributed by atoms with Gasteiger partial charge in [0.15, 0.2) is 5.75 Å². The molecule has 0 aromatic heterocycles. The molecule has 1 fully saturated rings. The molecule has 1 aliphatic rings. The topological polar surface area (TPSA) is 75.8 Å². The number of nitro benzene ring substituents is 1. The summed E-state index contributed by atoms with van der Waals surface area (Å²) in [5.41, 5.74) is 0.503. The van der Waals surface area contributed by atoms with Crippen LogP contribution in [0.3, 0.4) is 0 Å². The Hall–Kier alpha value is -1.82. The molecule has 1 saturated heterocycles. The van der Waals surface area contributed by atoms with Crippen molar-refractivity contribution in [3.63, 3.8) is 0 Å². The van der Waals surface area contributed by atoms with Gasteiger partial charge in [-0.1, -0.05) is 13.0 Å². The largest absolute Gasteiger partial charge is 0.487 e. The van der Waals surface area contributed by atoms with Gasteiger partial charge in [-0.2, -0.15) is 0 Å². The third-order valence-electron chi connectivity index (χ3n) is 3.72. The number of rotatable bonds is 4. The summed E-state index contributed by atoms with van der Waals surface area (Å²) in [5.74, 6) is 0.503. The van der Waals surface area contributed by atoms with Crippen molar-refractivity contribution in [2.45, 2.75) is 26.4 Å². The lowest BCUT2D eigenvalue weighted by Gasteiger charge is -2.35. The van der Waals surface area contributed by atoms with Crippen molar-refractivity contribution in [3.8, 4) is 5.75 Å². The first-order valence-corrected chi connectivity index (χ1v) is 6.87. The Kier molecular flexibility index (Phi) is 4.44. The molecule has 0 bridgehead atoms. The van der Waals surface area contributed by atoms with Crippen molar-refractivity contribution in [1.82, 2.24) is 0 Å². The molecule has 1 aliphatic heterocycles. The van der Waals surface area contributed by atoms with Crippen LogP contribution in [0.15, 0.2) is 18.2 Å². The fourth-order valence-corrected chi connectivity index (χ4v) is 2.49. The number of aliphatic hydroxyl groups excluding tert-OH is 1. The van der Waals surface area contributed by atoms with E-state index in [1.165, 1.54) is 0 Å². The molecule has 6 heteroatoms. The second kappa shape index (κ2) is 6.09. The second-order valence-electron chi connectivity index (χ2n) is 5.09. The molecule has 2 rings (SSSR count). The molecule has 1 aromatic carbocycles. The zero-order valence-corrected chi connectivity index (χ0v) is 11.8. The molecular formula is C14H20N2O4. The summed E-state index contributed by atoms with van der Waals surface area (Å²) in [7, 11) is 0. The number of nitro groups is 1. The van der Waals surface area contributed by atoms with E-state index in [0.717, 1.165) is 6.42 Å². The molecule has 1 heterocycles. The number of benzene rings is 1.